The predicted octanol–water partition coefficient (Wildman–Crippen LogP) is 2.54. The number of nitrogens with zero attached hydrogens (tertiary/aromatic N) is 1. The van der Waals surface area contributed by atoms with Crippen LogP contribution in [-0.2, 0) is 10.9 Å². The number of morpholine rings is 1. The summed E-state index contributed by atoms with van der Waals surface area (Å²) < 4.78 is 43.7. The molecule has 1 aliphatic heterocycles. The van der Waals surface area contributed by atoms with Gasteiger partial charge < -0.3 is 15.4 Å². The van der Waals surface area contributed by atoms with Crippen LogP contribution in [0.15, 0.2) is 18.2 Å². The number of rotatable bonds is 1. The summed E-state index contributed by atoms with van der Waals surface area (Å²) in [6, 6.07) is 2.79. The van der Waals surface area contributed by atoms with Crippen molar-refractivity contribution < 1.29 is 22.7 Å². The number of amides is 1. The number of carbonyl (C=O) groups is 1. The molecule has 1 aliphatic rings. The van der Waals surface area contributed by atoms with E-state index in [-0.39, 0.29) is 23.5 Å². The second-order valence-electron chi connectivity index (χ2n) is 5.27. The first-order chi connectivity index (χ1) is 9.68. The zero-order chi connectivity index (χ0) is 15.8. The zero-order valence-electron chi connectivity index (χ0n) is 11.8. The summed E-state index contributed by atoms with van der Waals surface area (Å²) in [5, 5.41) is 0. The van der Waals surface area contributed by atoms with Gasteiger partial charge in [-0.15, -0.1) is 0 Å². The molecule has 0 spiro atoms. The van der Waals surface area contributed by atoms with Crippen LogP contribution in [0.4, 0.5) is 18.9 Å². The molecule has 2 rings (SSSR count). The Morgan fingerprint density at radius 1 is 1.29 bits per heavy atom. The summed E-state index contributed by atoms with van der Waals surface area (Å²) in [6.45, 7) is 4.29. The third-order valence-corrected chi connectivity index (χ3v) is 3.32. The number of halogens is 3. The molecule has 0 aromatic heterocycles. The van der Waals surface area contributed by atoms with Gasteiger partial charge in [0.25, 0.3) is 5.91 Å². The fraction of sp³-hybridized carbons (Fsp3) is 0.500. The SMILES string of the molecule is CC1CN(C(=O)c2cc(C(F)(F)F)ccc2N)CC(C)O1. The van der Waals surface area contributed by atoms with E-state index in [9.17, 15) is 18.0 Å². The number of carbonyl (C=O) groups excluding carboxylic acids is 1. The van der Waals surface area contributed by atoms with Crippen LogP contribution in [-0.4, -0.2) is 36.1 Å². The quantitative estimate of drug-likeness (QED) is 0.811. The van der Waals surface area contributed by atoms with Crippen molar-refractivity contribution >= 4 is 11.6 Å². The third-order valence-electron chi connectivity index (χ3n) is 3.32. The van der Waals surface area contributed by atoms with E-state index in [0.29, 0.717) is 13.1 Å². The zero-order valence-corrected chi connectivity index (χ0v) is 11.8. The number of hydrogen-bond donors (Lipinski definition) is 1. The summed E-state index contributed by atoms with van der Waals surface area (Å²) in [6.07, 6.45) is -4.83. The van der Waals surface area contributed by atoms with Gasteiger partial charge in [0.05, 0.1) is 23.3 Å². The van der Waals surface area contributed by atoms with E-state index >= 15 is 0 Å². The number of anilines is 1. The third kappa shape index (κ3) is 3.47. The minimum Gasteiger partial charge on any atom is -0.398 e. The maximum Gasteiger partial charge on any atom is 0.416 e. The lowest BCUT2D eigenvalue weighted by molar-refractivity contribution is -0.137. The molecule has 2 N–H and O–H groups in total. The summed E-state index contributed by atoms with van der Waals surface area (Å²) >= 11 is 0. The summed E-state index contributed by atoms with van der Waals surface area (Å²) in [5.41, 5.74) is 4.71. The molecule has 0 bridgehead atoms. The van der Waals surface area contributed by atoms with Gasteiger partial charge in [-0.3, -0.25) is 4.79 Å². The highest BCUT2D eigenvalue weighted by molar-refractivity contribution is 5.99. The smallest absolute Gasteiger partial charge is 0.398 e. The molecule has 4 nitrogen and oxygen atoms in total. The Morgan fingerprint density at radius 2 is 1.86 bits per heavy atom. The van der Waals surface area contributed by atoms with Crippen molar-refractivity contribution in [1.82, 2.24) is 4.90 Å². The van der Waals surface area contributed by atoms with Gasteiger partial charge in [-0.25, -0.2) is 0 Å². The number of ether oxygens (including phenoxy) is 1. The van der Waals surface area contributed by atoms with Gasteiger partial charge in [-0.2, -0.15) is 13.2 Å². The van der Waals surface area contributed by atoms with Gasteiger partial charge in [-0.1, -0.05) is 0 Å². The number of alkyl halides is 3. The molecule has 21 heavy (non-hydrogen) atoms. The molecule has 2 atom stereocenters. The molecule has 2 unspecified atom stereocenters. The van der Waals surface area contributed by atoms with E-state index in [0.717, 1.165) is 18.2 Å². The van der Waals surface area contributed by atoms with Crippen molar-refractivity contribution in [3.8, 4) is 0 Å². The number of nitrogen functional groups attached to an aromatic ring is 1. The van der Waals surface area contributed by atoms with E-state index in [4.69, 9.17) is 10.5 Å². The molecule has 1 fully saturated rings. The second kappa shape index (κ2) is 5.55. The molecule has 1 aromatic carbocycles. The predicted molar refractivity (Wildman–Crippen MR) is 71.8 cm³/mol. The summed E-state index contributed by atoms with van der Waals surface area (Å²) in [4.78, 5) is 13.9. The van der Waals surface area contributed by atoms with Crippen LogP contribution in [0.1, 0.15) is 29.8 Å². The van der Waals surface area contributed by atoms with Crippen LogP contribution in [0, 0.1) is 0 Å². The lowest BCUT2D eigenvalue weighted by Crippen LogP contribution is -2.48. The van der Waals surface area contributed by atoms with E-state index in [1.165, 1.54) is 4.90 Å². The molecular formula is C14H17F3N2O2. The highest BCUT2D eigenvalue weighted by Crippen LogP contribution is 2.31. The van der Waals surface area contributed by atoms with Crippen LogP contribution in [0.3, 0.4) is 0 Å². The Morgan fingerprint density at radius 3 is 2.38 bits per heavy atom. The summed E-state index contributed by atoms with van der Waals surface area (Å²) in [5.74, 6) is -0.499. The Balaban J connectivity index is 2.30. The number of nitrogens with two attached hydrogens (primary N) is 1. The van der Waals surface area contributed by atoms with Crippen molar-refractivity contribution in [2.24, 2.45) is 0 Å². The highest BCUT2D eigenvalue weighted by atomic mass is 19.4. The maximum absolute atomic E-state index is 12.7. The first-order valence-corrected chi connectivity index (χ1v) is 6.60. The maximum atomic E-state index is 12.7. The van der Waals surface area contributed by atoms with Crippen molar-refractivity contribution in [2.75, 3.05) is 18.8 Å². The van der Waals surface area contributed by atoms with Crippen molar-refractivity contribution in [1.29, 1.82) is 0 Å². The topological polar surface area (TPSA) is 55.6 Å². The van der Waals surface area contributed by atoms with E-state index in [1.807, 2.05) is 13.8 Å². The minimum atomic E-state index is -4.51. The van der Waals surface area contributed by atoms with E-state index < -0.39 is 17.6 Å². The van der Waals surface area contributed by atoms with Gasteiger partial charge in [0.1, 0.15) is 0 Å². The Kier molecular flexibility index (Phi) is 4.13. The van der Waals surface area contributed by atoms with E-state index in [2.05, 4.69) is 0 Å². The molecule has 0 saturated carbocycles. The van der Waals surface area contributed by atoms with Gasteiger partial charge >= 0.3 is 6.18 Å². The standard InChI is InChI=1S/C14H17F3N2O2/c1-8-6-19(7-9(2)21-8)13(20)11-5-10(14(15,16)17)3-4-12(11)18/h3-5,8-9H,6-7,18H2,1-2H3. The molecule has 116 valence electrons. The first kappa shape index (κ1) is 15.6. The molecule has 7 heteroatoms. The van der Waals surface area contributed by atoms with Crippen LogP contribution >= 0.6 is 0 Å². The average Bonchev–Trinajstić information content (AvgIpc) is 2.36. The van der Waals surface area contributed by atoms with Crippen LogP contribution in [0.25, 0.3) is 0 Å². The molecule has 1 amide bonds. The minimum absolute atomic E-state index is 0.0415. The Bertz CT molecular complexity index is 536. The monoisotopic (exact) mass is 302 g/mol. The Hall–Kier alpha value is -1.76. The first-order valence-electron chi connectivity index (χ1n) is 6.60. The van der Waals surface area contributed by atoms with Crippen molar-refractivity contribution in [3.05, 3.63) is 29.3 Å². The molecule has 0 radical (unpaired) electrons. The van der Waals surface area contributed by atoms with E-state index in [1.54, 1.807) is 0 Å². The normalized spacial score (nSPS) is 23.2. The van der Waals surface area contributed by atoms with Crippen molar-refractivity contribution in [3.63, 3.8) is 0 Å². The molecule has 1 aromatic rings. The van der Waals surface area contributed by atoms with Crippen LogP contribution in [0.2, 0.25) is 0 Å². The number of hydrogen-bond acceptors (Lipinski definition) is 3. The molecular weight excluding hydrogens is 285 g/mol. The van der Waals surface area contributed by atoms with Gasteiger partial charge in [-0.05, 0) is 32.0 Å². The van der Waals surface area contributed by atoms with Gasteiger partial charge in [0, 0.05) is 18.8 Å². The summed E-state index contributed by atoms with van der Waals surface area (Å²) in [7, 11) is 0. The van der Waals surface area contributed by atoms with Gasteiger partial charge in [0.15, 0.2) is 0 Å². The van der Waals surface area contributed by atoms with Gasteiger partial charge in [0.2, 0.25) is 0 Å². The van der Waals surface area contributed by atoms with Crippen LogP contribution < -0.4 is 5.73 Å². The lowest BCUT2D eigenvalue weighted by atomic mass is 10.1. The Labute approximate surface area is 120 Å². The number of benzene rings is 1. The fourth-order valence-corrected chi connectivity index (χ4v) is 2.43. The second-order valence-corrected chi connectivity index (χ2v) is 5.27. The molecule has 0 aliphatic carbocycles. The van der Waals surface area contributed by atoms with Crippen molar-refractivity contribution in [2.45, 2.75) is 32.2 Å². The largest absolute Gasteiger partial charge is 0.416 e. The molecule has 1 saturated heterocycles. The fourth-order valence-electron chi connectivity index (χ4n) is 2.43. The lowest BCUT2D eigenvalue weighted by Gasteiger charge is -2.35. The highest BCUT2D eigenvalue weighted by Gasteiger charge is 2.33. The molecule has 1 heterocycles. The van der Waals surface area contributed by atoms with Crippen LogP contribution in [0.5, 0.6) is 0 Å². The average molecular weight is 302 g/mol.